The number of thiophene rings is 1. The van der Waals surface area contributed by atoms with Gasteiger partial charge in [0.25, 0.3) is 0 Å². The van der Waals surface area contributed by atoms with Crippen LogP contribution in [0.2, 0.25) is 0 Å². The van der Waals surface area contributed by atoms with Crippen LogP contribution in [0.4, 0.5) is 30.5 Å². The molecule has 46 heavy (non-hydrogen) atoms. The largest absolute Gasteiger partial charge is 0.447 e. The number of aryl methyl sites for hydroxylation is 1. The number of anilines is 3. The van der Waals surface area contributed by atoms with Gasteiger partial charge in [0.05, 0.1) is 42.9 Å². The molecule has 0 aliphatic carbocycles. The lowest BCUT2D eigenvalue weighted by Gasteiger charge is -2.36. The standard InChI is InChI=1S/C32H34FN7O5S/c1-19-26-27(37-23-8-9-25-21(13-23)14-36-40(25)15-20-6-5-7-22(33)12-20)34-18-35-29(26)46-28(19)38-30(41)44-17-24-16-43-11-10-39(24)31(42)45-32(2,3)4/h5-9,12-14,18,24H,10-11,15-17H2,1-4H3,(H,38,41)(H,34,35,37). The third-order valence-electron chi connectivity index (χ3n) is 7.33. The second kappa shape index (κ2) is 12.9. The zero-order chi connectivity index (χ0) is 32.4. The molecule has 0 bridgehead atoms. The molecule has 1 saturated heterocycles. The van der Waals surface area contributed by atoms with Gasteiger partial charge in [-0.25, -0.2) is 23.9 Å². The monoisotopic (exact) mass is 647 g/mol. The van der Waals surface area contributed by atoms with E-state index in [4.69, 9.17) is 14.2 Å². The fraction of sp³-hybridized carbons (Fsp3) is 0.344. The van der Waals surface area contributed by atoms with Crippen LogP contribution >= 0.6 is 11.3 Å². The van der Waals surface area contributed by atoms with E-state index in [0.29, 0.717) is 35.3 Å². The average molecular weight is 648 g/mol. The van der Waals surface area contributed by atoms with Gasteiger partial charge < -0.3 is 19.5 Å². The highest BCUT2D eigenvalue weighted by molar-refractivity contribution is 7.22. The van der Waals surface area contributed by atoms with E-state index in [9.17, 15) is 14.0 Å². The van der Waals surface area contributed by atoms with E-state index < -0.39 is 23.8 Å². The molecule has 1 atom stereocenters. The molecular formula is C32H34FN7O5S. The van der Waals surface area contributed by atoms with Crippen molar-refractivity contribution in [2.24, 2.45) is 0 Å². The van der Waals surface area contributed by atoms with Crippen molar-refractivity contribution in [3.05, 3.63) is 71.9 Å². The van der Waals surface area contributed by atoms with Gasteiger partial charge in [0, 0.05) is 17.6 Å². The van der Waals surface area contributed by atoms with E-state index >= 15 is 0 Å². The Morgan fingerprint density at radius 3 is 2.83 bits per heavy atom. The van der Waals surface area contributed by atoms with E-state index in [-0.39, 0.29) is 19.0 Å². The van der Waals surface area contributed by atoms with Crippen molar-refractivity contribution < 1.29 is 28.2 Å². The zero-order valence-corrected chi connectivity index (χ0v) is 26.7. The maximum atomic E-state index is 13.7. The molecule has 0 saturated carbocycles. The van der Waals surface area contributed by atoms with Crippen molar-refractivity contribution in [3.8, 4) is 0 Å². The Kier molecular flexibility index (Phi) is 8.73. The third kappa shape index (κ3) is 7.02. The van der Waals surface area contributed by atoms with E-state index in [2.05, 4.69) is 25.7 Å². The summed E-state index contributed by atoms with van der Waals surface area (Å²) in [5.74, 6) is 0.302. The van der Waals surface area contributed by atoms with E-state index in [0.717, 1.165) is 33.1 Å². The number of hydrogen-bond acceptors (Lipinski definition) is 10. The predicted molar refractivity (Wildman–Crippen MR) is 173 cm³/mol. The van der Waals surface area contributed by atoms with Gasteiger partial charge in [0.1, 0.15) is 40.0 Å². The molecule has 6 rings (SSSR count). The number of hydrogen-bond donors (Lipinski definition) is 2. The summed E-state index contributed by atoms with van der Waals surface area (Å²) in [6, 6.07) is 11.8. The molecule has 0 spiro atoms. The minimum Gasteiger partial charge on any atom is -0.447 e. The van der Waals surface area contributed by atoms with Crippen LogP contribution in [0.25, 0.3) is 21.1 Å². The minimum atomic E-state index is -0.660. The van der Waals surface area contributed by atoms with Crippen LogP contribution in [0.15, 0.2) is 55.0 Å². The number of fused-ring (bicyclic) bond motifs is 2. The van der Waals surface area contributed by atoms with E-state index in [1.54, 1.807) is 33.0 Å². The Morgan fingerprint density at radius 2 is 2.02 bits per heavy atom. The van der Waals surface area contributed by atoms with Crippen LogP contribution in [-0.4, -0.2) is 74.8 Å². The summed E-state index contributed by atoms with van der Waals surface area (Å²) < 4.78 is 32.0. The van der Waals surface area contributed by atoms with Crippen LogP contribution in [0, 0.1) is 12.7 Å². The van der Waals surface area contributed by atoms with Crippen LogP contribution in [0.3, 0.4) is 0 Å². The molecule has 2 amide bonds. The number of aromatic nitrogens is 4. The zero-order valence-electron chi connectivity index (χ0n) is 25.9. The summed E-state index contributed by atoms with van der Waals surface area (Å²) in [7, 11) is 0. The highest BCUT2D eigenvalue weighted by Gasteiger charge is 2.32. The third-order valence-corrected chi connectivity index (χ3v) is 8.45. The number of halogens is 1. The molecule has 3 aromatic heterocycles. The number of nitrogens with zero attached hydrogens (tertiary/aromatic N) is 5. The first-order valence-corrected chi connectivity index (χ1v) is 15.6. The van der Waals surface area contributed by atoms with Crippen molar-refractivity contribution in [1.29, 1.82) is 0 Å². The Balaban J connectivity index is 1.13. The lowest BCUT2D eigenvalue weighted by Crippen LogP contribution is -2.52. The predicted octanol–water partition coefficient (Wildman–Crippen LogP) is 6.46. The van der Waals surface area contributed by atoms with Gasteiger partial charge in [-0.3, -0.25) is 14.9 Å². The molecule has 1 unspecified atom stereocenters. The number of rotatable bonds is 7. The van der Waals surface area contributed by atoms with E-state index in [1.807, 2.05) is 35.9 Å². The molecule has 0 radical (unpaired) electrons. The number of nitrogens with one attached hydrogen (secondary N) is 2. The molecule has 12 nitrogen and oxygen atoms in total. The smallest absolute Gasteiger partial charge is 0.412 e. The number of morpholine rings is 1. The molecule has 1 fully saturated rings. The highest BCUT2D eigenvalue weighted by atomic mass is 32.1. The van der Waals surface area contributed by atoms with Crippen molar-refractivity contribution >= 4 is 61.1 Å². The molecule has 2 aromatic carbocycles. The quantitative estimate of drug-likeness (QED) is 0.204. The molecule has 2 N–H and O–H groups in total. The minimum absolute atomic E-state index is 0.0527. The van der Waals surface area contributed by atoms with Crippen LogP contribution in [0.5, 0.6) is 0 Å². The molecule has 240 valence electrons. The molecule has 1 aliphatic rings. The van der Waals surface area contributed by atoms with Gasteiger partial charge >= 0.3 is 12.2 Å². The van der Waals surface area contributed by atoms with Gasteiger partial charge in [0.2, 0.25) is 0 Å². The first-order chi connectivity index (χ1) is 22.0. The van der Waals surface area contributed by atoms with Crippen molar-refractivity contribution in [2.45, 2.75) is 45.9 Å². The Bertz CT molecular complexity index is 1900. The van der Waals surface area contributed by atoms with Gasteiger partial charge in [-0.05, 0) is 69.2 Å². The Labute approximate surface area is 268 Å². The second-order valence-electron chi connectivity index (χ2n) is 11.9. The normalized spacial score (nSPS) is 15.2. The van der Waals surface area contributed by atoms with Crippen LogP contribution in [0.1, 0.15) is 31.9 Å². The topological polar surface area (TPSA) is 133 Å². The first kappa shape index (κ1) is 31.2. The average Bonchev–Trinajstić information content (AvgIpc) is 3.55. The van der Waals surface area contributed by atoms with Gasteiger partial charge in [0.15, 0.2) is 0 Å². The van der Waals surface area contributed by atoms with Gasteiger partial charge in [-0.1, -0.05) is 23.5 Å². The number of carbonyl (C=O) groups excluding carboxylic acids is 2. The van der Waals surface area contributed by atoms with Crippen molar-refractivity contribution in [2.75, 3.05) is 37.0 Å². The maximum absolute atomic E-state index is 13.7. The SMILES string of the molecule is Cc1c(NC(=O)OCC2COCCN2C(=O)OC(C)(C)C)sc2ncnc(Nc3ccc4c(cnn4Cc4cccc(F)c4)c3)c12. The molecule has 4 heterocycles. The fourth-order valence-corrected chi connectivity index (χ4v) is 6.21. The lowest BCUT2D eigenvalue weighted by molar-refractivity contribution is -0.0453. The number of carbonyl (C=O) groups is 2. The van der Waals surface area contributed by atoms with Crippen molar-refractivity contribution in [1.82, 2.24) is 24.6 Å². The Hall–Kier alpha value is -4.82. The molecule has 1 aliphatic heterocycles. The van der Waals surface area contributed by atoms with Gasteiger partial charge in [-0.2, -0.15) is 5.10 Å². The maximum Gasteiger partial charge on any atom is 0.412 e. The van der Waals surface area contributed by atoms with Crippen molar-refractivity contribution in [3.63, 3.8) is 0 Å². The summed E-state index contributed by atoms with van der Waals surface area (Å²) in [5, 5.41) is 12.9. The summed E-state index contributed by atoms with van der Waals surface area (Å²) in [4.78, 5) is 36.6. The molecule has 5 aromatic rings. The van der Waals surface area contributed by atoms with Crippen LogP contribution < -0.4 is 10.6 Å². The molecule has 14 heteroatoms. The summed E-state index contributed by atoms with van der Waals surface area (Å²) in [6.07, 6.45) is 2.10. The second-order valence-corrected chi connectivity index (χ2v) is 12.9. The molecular weight excluding hydrogens is 613 g/mol. The number of amides is 2. The van der Waals surface area contributed by atoms with E-state index in [1.165, 1.54) is 34.7 Å². The lowest BCUT2D eigenvalue weighted by atomic mass is 10.2. The number of ether oxygens (including phenoxy) is 3. The summed E-state index contributed by atoms with van der Waals surface area (Å²) >= 11 is 1.31. The fourth-order valence-electron chi connectivity index (χ4n) is 5.18. The Morgan fingerprint density at radius 1 is 1.17 bits per heavy atom. The first-order valence-electron chi connectivity index (χ1n) is 14.8. The number of benzene rings is 2. The highest BCUT2D eigenvalue weighted by Crippen LogP contribution is 2.38. The summed E-state index contributed by atoms with van der Waals surface area (Å²) in [6.45, 7) is 8.64. The van der Waals surface area contributed by atoms with Crippen LogP contribution in [-0.2, 0) is 20.8 Å². The van der Waals surface area contributed by atoms with Gasteiger partial charge in [-0.15, -0.1) is 0 Å². The summed E-state index contributed by atoms with van der Waals surface area (Å²) in [5.41, 5.74) is 2.66.